The van der Waals surface area contributed by atoms with Crippen LogP contribution in [0.2, 0.25) is 0 Å². The van der Waals surface area contributed by atoms with E-state index in [9.17, 15) is 4.79 Å². The van der Waals surface area contributed by atoms with Crippen molar-refractivity contribution in [2.24, 2.45) is 7.05 Å². The molecular formula is C15H20N4O. The largest absolute Gasteiger partial charge is 0.326 e. The minimum absolute atomic E-state index is 0.0550. The van der Waals surface area contributed by atoms with Crippen molar-refractivity contribution in [3.63, 3.8) is 0 Å². The fourth-order valence-corrected chi connectivity index (χ4v) is 2.04. The smallest absolute Gasteiger partial charge is 0.221 e. The van der Waals surface area contributed by atoms with Crippen LogP contribution in [0.1, 0.15) is 23.7 Å². The van der Waals surface area contributed by atoms with Gasteiger partial charge in [-0.05, 0) is 18.6 Å². The number of nitrogens with zero attached hydrogens (tertiary/aromatic N) is 2. The molecule has 0 aliphatic carbocycles. The number of carbonyl (C=O) groups is 1. The number of aromatic nitrogens is 2. The van der Waals surface area contributed by atoms with Crippen molar-refractivity contribution in [3.05, 3.63) is 47.3 Å². The van der Waals surface area contributed by atoms with Gasteiger partial charge < -0.3 is 10.6 Å². The van der Waals surface area contributed by atoms with Gasteiger partial charge in [0.2, 0.25) is 5.91 Å². The first-order valence-corrected chi connectivity index (χ1v) is 6.61. The van der Waals surface area contributed by atoms with Crippen molar-refractivity contribution in [3.8, 4) is 0 Å². The quantitative estimate of drug-likeness (QED) is 0.875. The van der Waals surface area contributed by atoms with Gasteiger partial charge in [0.25, 0.3) is 0 Å². The van der Waals surface area contributed by atoms with Gasteiger partial charge in [0.1, 0.15) is 0 Å². The second-order valence-corrected chi connectivity index (χ2v) is 4.82. The Morgan fingerprint density at radius 3 is 2.60 bits per heavy atom. The van der Waals surface area contributed by atoms with Crippen LogP contribution in [0.4, 0.5) is 5.69 Å². The van der Waals surface area contributed by atoms with Crippen LogP contribution in [0.15, 0.2) is 30.5 Å². The Hall–Kier alpha value is -2.14. The summed E-state index contributed by atoms with van der Waals surface area (Å²) < 4.78 is 1.86. The van der Waals surface area contributed by atoms with Gasteiger partial charge in [0.05, 0.1) is 6.20 Å². The van der Waals surface area contributed by atoms with Gasteiger partial charge in [0, 0.05) is 44.0 Å². The van der Waals surface area contributed by atoms with E-state index in [0.29, 0.717) is 6.54 Å². The standard InChI is InChI=1S/C15H20N4O/c1-11-14(10-17-19(11)3)9-16-8-13-6-4-5-7-15(13)18-12(2)20/h4-7,10,16H,8-9H2,1-3H3,(H,18,20). The highest BCUT2D eigenvalue weighted by Gasteiger charge is 2.05. The van der Waals surface area contributed by atoms with Gasteiger partial charge in [-0.1, -0.05) is 18.2 Å². The van der Waals surface area contributed by atoms with Crippen LogP contribution in [-0.2, 0) is 24.9 Å². The predicted molar refractivity (Wildman–Crippen MR) is 79.2 cm³/mol. The van der Waals surface area contributed by atoms with E-state index in [1.807, 2.05) is 42.2 Å². The van der Waals surface area contributed by atoms with E-state index in [-0.39, 0.29) is 5.91 Å². The third-order valence-electron chi connectivity index (χ3n) is 3.30. The van der Waals surface area contributed by atoms with Crippen LogP contribution in [0.25, 0.3) is 0 Å². The number of benzene rings is 1. The molecule has 0 spiro atoms. The third-order valence-corrected chi connectivity index (χ3v) is 3.30. The maximum absolute atomic E-state index is 11.2. The van der Waals surface area contributed by atoms with E-state index in [1.54, 1.807) is 0 Å². The molecule has 2 N–H and O–H groups in total. The lowest BCUT2D eigenvalue weighted by Gasteiger charge is -2.10. The number of nitrogens with one attached hydrogen (secondary N) is 2. The Bertz CT molecular complexity index is 604. The molecule has 1 aromatic carbocycles. The normalized spacial score (nSPS) is 10.6. The Labute approximate surface area is 119 Å². The summed E-state index contributed by atoms with van der Waals surface area (Å²) in [5, 5.41) is 10.4. The molecule has 5 nitrogen and oxygen atoms in total. The highest BCUT2D eigenvalue weighted by Crippen LogP contribution is 2.15. The summed E-state index contributed by atoms with van der Waals surface area (Å²) in [5.74, 6) is -0.0550. The molecule has 20 heavy (non-hydrogen) atoms. The molecule has 1 aromatic heterocycles. The number of aryl methyl sites for hydroxylation is 1. The number of para-hydroxylation sites is 1. The Balaban J connectivity index is 1.97. The summed E-state index contributed by atoms with van der Waals surface area (Å²) in [6, 6.07) is 7.81. The van der Waals surface area contributed by atoms with Crippen molar-refractivity contribution in [2.75, 3.05) is 5.32 Å². The number of amides is 1. The molecule has 0 unspecified atom stereocenters. The molecular weight excluding hydrogens is 252 g/mol. The van der Waals surface area contributed by atoms with E-state index in [4.69, 9.17) is 0 Å². The first-order valence-electron chi connectivity index (χ1n) is 6.61. The zero-order valence-electron chi connectivity index (χ0n) is 12.1. The van der Waals surface area contributed by atoms with Crippen LogP contribution in [0.5, 0.6) is 0 Å². The van der Waals surface area contributed by atoms with Crippen molar-refractivity contribution < 1.29 is 4.79 Å². The van der Waals surface area contributed by atoms with E-state index >= 15 is 0 Å². The van der Waals surface area contributed by atoms with Crippen molar-refractivity contribution >= 4 is 11.6 Å². The summed E-state index contributed by atoms with van der Waals surface area (Å²) >= 11 is 0. The maximum Gasteiger partial charge on any atom is 0.221 e. The van der Waals surface area contributed by atoms with Gasteiger partial charge in [-0.3, -0.25) is 9.48 Å². The molecule has 0 radical (unpaired) electrons. The Morgan fingerprint density at radius 2 is 1.95 bits per heavy atom. The first-order chi connectivity index (χ1) is 9.58. The van der Waals surface area contributed by atoms with E-state index in [0.717, 1.165) is 23.5 Å². The monoisotopic (exact) mass is 272 g/mol. The molecule has 0 saturated carbocycles. The van der Waals surface area contributed by atoms with Crippen molar-refractivity contribution in [2.45, 2.75) is 26.9 Å². The molecule has 0 fully saturated rings. The molecule has 2 aromatic rings. The molecule has 1 heterocycles. The molecule has 0 atom stereocenters. The molecule has 1 amide bonds. The average Bonchev–Trinajstić information content (AvgIpc) is 2.72. The Morgan fingerprint density at radius 1 is 1.25 bits per heavy atom. The van der Waals surface area contributed by atoms with Crippen LogP contribution < -0.4 is 10.6 Å². The number of anilines is 1. The summed E-state index contributed by atoms with van der Waals surface area (Å²) in [7, 11) is 1.94. The SMILES string of the molecule is CC(=O)Nc1ccccc1CNCc1cnn(C)c1C. The minimum atomic E-state index is -0.0550. The van der Waals surface area contributed by atoms with Crippen molar-refractivity contribution in [1.82, 2.24) is 15.1 Å². The van der Waals surface area contributed by atoms with Crippen LogP contribution in [0, 0.1) is 6.92 Å². The van der Waals surface area contributed by atoms with E-state index in [1.165, 1.54) is 12.5 Å². The summed E-state index contributed by atoms with van der Waals surface area (Å²) in [6.45, 7) is 5.03. The second-order valence-electron chi connectivity index (χ2n) is 4.82. The number of hydrogen-bond acceptors (Lipinski definition) is 3. The van der Waals surface area contributed by atoms with Gasteiger partial charge in [0.15, 0.2) is 0 Å². The van der Waals surface area contributed by atoms with Gasteiger partial charge in [-0.2, -0.15) is 5.10 Å². The molecule has 0 aliphatic heterocycles. The molecule has 0 bridgehead atoms. The minimum Gasteiger partial charge on any atom is -0.326 e. The van der Waals surface area contributed by atoms with Gasteiger partial charge in [-0.25, -0.2) is 0 Å². The average molecular weight is 272 g/mol. The zero-order chi connectivity index (χ0) is 14.5. The highest BCUT2D eigenvalue weighted by atomic mass is 16.1. The lowest BCUT2D eigenvalue weighted by atomic mass is 10.1. The Kier molecular flexibility index (Phi) is 4.53. The molecule has 0 aliphatic rings. The van der Waals surface area contributed by atoms with Gasteiger partial charge in [-0.15, -0.1) is 0 Å². The fraction of sp³-hybridized carbons (Fsp3) is 0.333. The van der Waals surface area contributed by atoms with Crippen LogP contribution >= 0.6 is 0 Å². The second kappa shape index (κ2) is 6.34. The molecule has 106 valence electrons. The van der Waals surface area contributed by atoms with Gasteiger partial charge >= 0.3 is 0 Å². The van der Waals surface area contributed by atoms with Crippen LogP contribution in [0.3, 0.4) is 0 Å². The third kappa shape index (κ3) is 3.45. The maximum atomic E-state index is 11.2. The summed E-state index contributed by atoms with van der Waals surface area (Å²) in [6.07, 6.45) is 1.88. The highest BCUT2D eigenvalue weighted by molar-refractivity contribution is 5.89. The zero-order valence-corrected chi connectivity index (χ0v) is 12.1. The topological polar surface area (TPSA) is 59.0 Å². The molecule has 0 saturated heterocycles. The lowest BCUT2D eigenvalue weighted by Crippen LogP contribution is -2.16. The first kappa shape index (κ1) is 14.3. The number of rotatable bonds is 5. The number of hydrogen-bond donors (Lipinski definition) is 2. The predicted octanol–water partition coefficient (Wildman–Crippen LogP) is 1.98. The van der Waals surface area contributed by atoms with Crippen LogP contribution in [-0.4, -0.2) is 15.7 Å². The summed E-state index contributed by atoms with van der Waals surface area (Å²) in [4.78, 5) is 11.2. The number of carbonyl (C=O) groups excluding carboxylic acids is 1. The van der Waals surface area contributed by atoms with E-state index < -0.39 is 0 Å². The fourth-order valence-electron chi connectivity index (χ4n) is 2.04. The van der Waals surface area contributed by atoms with E-state index in [2.05, 4.69) is 22.7 Å². The lowest BCUT2D eigenvalue weighted by molar-refractivity contribution is -0.114. The molecule has 2 rings (SSSR count). The summed E-state index contributed by atoms with van der Waals surface area (Å²) in [5.41, 5.74) is 4.27. The van der Waals surface area contributed by atoms with Crippen molar-refractivity contribution in [1.29, 1.82) is 0 Å². The molecule has 5 heteroatoms.